The van der Waals surface area contributed by atoms with E-state index in [0.717, 1.165) is 6.07 Å². The van der Waals surface area contributed by atoms with Crippen LogP contribution in [0.3, 0.4) is 0 Å². The number of carbonyl (C=O) groups excluding carboxylic acids is 1. The van der Waals surface area contributed by atoms with E-state index in [0.29, 0.717) is 0 Å². The van der Waals surface area contributed by atoms with Crippen LogP contribution in [0.5, 0.6) is 11.5 Å². The maximum absolute atomic E-state index is 13.4. The van der Waals surface area contributed by atoms with Crippen molar-refractivity contribution in [1.29, 1.82) is 0 Å². The third-order valence-corrected chi connectivity index (χ3v) is 2.84. The van der Waals surface area contributed by atoms with E-state index in [1.807, 2.05) is 0 Å². The molecule has 0 radical (unpaired) electrons. The molecular weight excluding hydrogens is 309 g/mol. The number of aromatic hydroxyl groups is 2. The number of phenolic OH excluding ortho intramolecular Hbond substituents is 2. The van der Waals surface area contributed by atoms with Crippen molar-refractivity contribution >= 4 is 28.9 Å². The molecule has 0 saturated carbocycles. The number of rotatable bonds is 2. The summed E-state index contributed by atoms with van der Waals surface area (Å²) in [6, 6.07) is 9.44. The molecule has 22 heavy (non-hydrogen) atoms. The van der Waals surface area contributed by atoms with Crippen molar-refractivity contribution in [2.24, 2.45) is 0 Å². The quantitative estimate of drug-likeness (QED) is 0.428. The van der Waals surface area contributed by atoms with Crippen LogP contribution in [-0.4, -0.2) is 21.2 Å². The SMILES string of the molecule is O=C(NNC(=S)Nc1ccccc1F)c1ccc(O)cc1O. The first-order valence-electron chi connectivity index (χ1n) is 6.11. The molecule has 2 aromatic rings. The molecule has 114 valence electrons. The summed E-state index contributed by atoms with van der Waals surface area (Å²) in [4.78, 5) is 11.8. The fourth-order valence-electron chi connectivity index (χ4n) is 1.61. The third-order valence-electron chi connectivity index (χ3n) is 2.64. The summed E-state index contributed by atoms with van der Waals surface area (Å²) < 4.78 is 13.4. The number of hydrazine groups is 1. The predicted molar refractivity (Wildman–Crippen MR) is 83.0 cm³/mol. The van der Waals surface area contributed by atoms with E-state index in [9.17, 15) is 14.3 Å². The molecule has 2 rings (SSSR count). The average molecular weight is 321 g/mol. The van der Waals surface area contributed by atoms with Gasteiger partial charge < -0.3 is 15.5 Å². The number of nitrogens with one attached hydrogen (secondary N) is 3. The zero-order valence-electron chi connectivity index (χ0n) is 11.1. The highest BCUT2D eigenvalue weighted by Gasteiger charge is 2.12. The lowest BCUT2D eigenvalue weighted by molar-refractivity contribution is 0.0941. The maximum atomic E-state index is 13.4. The van der Waals surface area contributed by atoms with Gasteiger partial charge in [-0.05, 0) is 36.5 Å². The van der Waals surface area contributed by atoms with E-state index >= 15 is 0 Å². The minimum atomic E-state index is -0.671. The number of thiocarbonyl (C=S) groups is 1. The summed E-state index contributed by atoms with van der Waals surface area (Å²) in [7, 11) is 0. The molecule has 1 amide bonds. The number of para-hydroxylation sites is 1. The van der Waals surface area contributed by atoms with Gasteiger partial charge in [-0.1, -0.05) is 12.1 Å². The summed E-state index contributed by atoms with van der Waals surface area (Å²) in [6.07, 6.45) is 0. The Morgan fingerprint density at radius 2 is 1.82 bits per heavy atom. The second-order valence-electron chi connectivity index (χ2n) is 4.21. The van der Waals surface area contributed by atoms with Crippen molar-refractivity contribution in [2.75, 3.05) is 5.32 Å². The lowest BCUT2D eigenvalue weighted by Crippen LogP contribution is -2.43. The van der Waals surface area contributed by atoms with Gasteiger partial charge in [0.1, 0.15) is 17.3 Å². The van der Waals surface area contributed by atoms with Gasteiger partial charge in [0.05, 0.1) is 11.3 Å². The van der Waals surface area contributed by atoms with Crippen LogP contribution in [0.25, 0.3) is 0 Å². The minimum absolute atomic E-state index is 0.0308. The summed E-state index contributed by atoms with van der Waals surface area (Å²) in [5, 5.41) is 21.2. The Kier molecular flexibility index (Phi) is 4.74. The van der Waals surface area contributed by atoms with Gasteiger partial charge in [0.15, 0.2) is 5.11 Å². The monoisotopic (exact) mass is 321 g/mol. The van der Waals surface area contributed by atoms with Crippen molar-refractivity contribution < 1.29 is 19.4 Å². The van der Waals surface area contributed by atoms with Crippen LogP contribution in [0, 0.1) is 5.82 Å². The van der Waals surface area contributed by atoms with Gasteiger partial charge in [-0.15, -0.1) is 0 Å². The zero-order chi connectivity index (χ0) is 16.1. The Morgan fingerprint density at radius 3 is 2.50 bits per heavy atom. The molecule has 0 atom stereocenters. The van der Waals surface area contributed by atoms with Crippen LogP contribution in [-0.2, 0) is 0 Å². The Labute approximate surface area is 130 Å². The lowest BCUT2D eigenvalue weighted by atomic mass is 10.2. The first-order valence-corrected chi connectivity index (χ1v) is 6.52. The predicted octanol–water partition coefficient (Wildman–Crippen LogP) is 1.87. The second-order valence-corrected chi connectivity index (χ2v) is 4.62. The molecule has 0 unspecified atom stereocenters. The Hall–Kier alpha value is -2.87. The van der Waals surface area contributed by atoms with Crippen molar-refractivity contribution in [3.8, 4) is 11.5 Å². The van der Waals surface area contributed by atoms with Crippen LogP contribution < -0.4 is 16.2 Å². The van der Waals surface area contributed by atoms with Gasteiger partial charge in [-0.2, -0.15) is 0 Å². The smallest absolute Gasteiger partial charge is 0.273 e. The summed E-state index contributed by atoms with van der Waals surface area (Å²) >= 11 is 4.91. The van der Waals surface area contributed by atoms with Crippen LogP contribution in [0.1, 0.15) is 10.4 Å². The molecule has 2 aromatic carbocycles. The van der Waals surface area contributed by atoms with Crippen molar-refractivity contribution in [1.82, 2.24) is 10.9 Å². The normalized spacial score (nSPS) is 9.86. The number of halogens is 1. The van der Waals surface area contributed by atoms with E-state index in [-0.39, 0.29) is 27.9 Å². The summed E-state index contributed by atoms with van der Waals surface area (Å²) in [6.45, 7) is 0. The molecule has 6 nitrogen and oxygen atoms in total. The number of hydrogen-bond donors (Lipinski definition) is 5. The Balaban J connectivity index is 1.93. The molecule has 0 fully saturated rings. The first kappa shape index (κ1) is 15.5. The molecule has 0 spiro atoms. The topological polar surface area (TPSA) is 93.6 Å². The van der Waals surface area contributed by atoms with E-state index in [1.165, 1.54) is 30.3 Å². The highest BCUT2D eigenvalue weighted by Crippen LogP contribution is 2.22. The Morgan fingerprint density at radius 1 is 1.09 bits per heavy atom. The van der Waals surface area contributed by atoms with Crippen LogP contribution in [0.2, 0.25) is 0 Å². The standard InChI is InChI=1S/C14H12FN3O3S/c15-10-3-1-2-4-11(10)16-14(22)18-17-13(21)9-6-5-8(19)7-12(9)20/h1-7,19-20H,(H,17,21)(H2,16,18,22). The lowest BCUT2D eigenvalue weighted by Gasteiger charge is -2.12. The number of phenols is 2. The van der Waals surface area contributed by atoms with Crippen LogP contribution >= 0.6 is 12.2 Å². The highest BCUT2D eigenvalue weighted by molar-refractivity contribution is 7.80. The zero-order valence-corrected chi connectivity index (χ0v) is 11.9. The highest BCUT2D eigenvalue weighted by atomic mass is 32.1. The van der Waals surface area contributed by atoms with Gasteiger partial charge in [0.2, 0.25) is 0 Å². The number of benzene rings is 2. The third kappa shape index (κ3) is 3.83. The largest absolute Gasteiger partial charge is 0.508 e. The number of carbonyl (C=O) groups is 1. The van der Waals surface area contributed by atoms with Gasteiger partial charge in [-0.25, -0.2) is 4.39 Å². The van der Waals surface area contributed by atoms with E-state index < -0.39 is 11.7 Å². The molecule has 0 aliphatic rings. The number of anilines is 1. The molecule has 0 saturated heterocycles. The van der Waals surface area contributed by atoms with E-state index in [2.05, 4.69) is 16.2 Å². The molecular formula is C14H12FN3O3S. The minimum Gasteiger partial charge on any atom is -0.508 e. The number of hydrogen-bond acceptors (Lipinski definition) is 4. The average Bonchev–Trinajstić information content (AvgIpc) is 2.47. The summed E-state index contributed by atoms with van der Waals surface area (Å²) in [5.74, 6) is -1.71. The van der Waals surface area contributed by atoms with Crippen LogP contribution in [0.15, 0.2) is 42.5 Å². The molecule has 5 N–H and O–H groups in total. The maximum Gasteiger partial charge on any atom is 0.273 e. The van der Waals surface area contributed by atoms with Gasteiger partial charge in [-0.3, -0.25) is 15.6 Å². The fourth-order valence-corrected chi connectivity index (χ4v) is 1.77. The van der Waals surface area contributed by atoms with Gasteiger partial charge in [0, 0.05) is 6.07 Å². The second kappa shape index (κ2) is 6.72. The summed E-state index contributed by atoms with van der Waals surface area (Å²) in [5.41, 5.74) is 4.72. The Bertz CT molecular complexity index is 724. The molecule has 8 heteroatoms. The number of amides is 1. The molecule has 0 bridgehead atoms. The van der Waals surface area contributed by atoms with Crippen molar-refractivity contribution in [2.45, 2.75) is 0 Å². The first-order chi connectivity index (χ1) is 10.5. The molecule has 0 aromatic heterocycles. The molecule has 0 aliphatic heterocycles. The fraction of sp³-hybridized carbons (Fsp3) is 0. The molecule has 0 aliphatic carbocycles. The van der Waals surface area contributed by atoms with E-state index in [4.69, 9.17) is 17.3 Å². The molecule has 0 heterocycles. The van der Waals surface area contributed by atoms with E-state index in [1.54, 1.807) is 6.07 Å². The van der Waals surface area contributed by atoms with Crippen molar-refractivity contribution in [3.63, 3.8) is 0 Å². The van der Waals surface area contributed by atoms with Gasteiger partial charge >= 0.3 is 0 Å². The van der Waals surface area contributed by atoms with Crippen LogP contribution in [0.4, 0.5) is 10.1 Å². The van der Waals surface area contributed by atoms with Gasteiger partial charge in [0.25, 0.3) is 5.91 Å². The van der Waals surface area contributed by atoms with Crippen molar-refractivity contribution in [3.05, 3.63) is 53.8 Å².